The smallest absolute Gasteiger partial charge is 0.335 e. The monoisotopic (exact) mass is 312 g/mol. The SMILES string of the molecule is Cc1ccc(S(=O)(=O)NC2CCCN(C)C2)cc1C(=O)O. The molecule has 0 bridgehead atoms. The molecule has 2 rings (SSSR count). The van der Waals surface area contributed by atoms with Gasteiger partial charge in [0.15, 0.2) is 0 Å². The third-order valence-corrected chi connectivity index (χ3v) is 5.21. The van der Waals surface area contributed by atoms with Crippen molar-refractivity contribution < 1.29 is 18.3 Å². The van der Waals surface area contributed by atoms with Crippen LogP contribution in [0.3, 0.4) is 0 Å². The molecule has 1 saturated heterocycles. The van der Waals surface area contributed by atoms with E-state index in [2.05, 4.69) is 9.62 Å². The number of nitrogens with one attached hydrogen (secondary N) is 1. The quantitative estimate of drug-likeness (QED) is 0.868. The van der Waals surface area contributed by atoms with Crippen molar-refractivity contribution >= 4 is 16.0 Å². The first kappa shape index (κ1) is 15.9. The molecule has 0 aromatic heterocycles. The van der Waals surface area contributed by atoms with Crippen LogP contribution in [0, 0.1) is 6.92 Å². The zero-order chi connectivity index (χ0) is 15.6. The zero-order valence-corrected chi connectivity index (χ0v) is 13.0. The molecular formula is C14H20N2O4S. The Morgan fingerprint density at radius 3 is 2.76 bits per heavy atom. The topological polar surface area (TPSA) is 86.7 Å². The van der Waals surface area contributed by atoms with Gasteiger partial charge in [-0.15, -0.1) is 0 Å². The summed E-state index contributed by atoms with van der Waals surface area (Å²) in [5.41, 5.74) is 0.553. The van der Waals surface area contributed by atoms with Crippen LogP contribution in [0.1, 0.15) is 28.8 Å². The minimum atomic E-state index is -3.70. The number of rotatable bonds is 4. The van der Waals surface area contributed by atoms with Crippen molar-refractivity contribution in [3.8, 4) is 0 Å². The third-order valence-electron chi connectivity index (χ3n) is 3.70. The van der Waals surface area contributed by atoms with E-state index in [9.17, 15) is 13.2 Å². The Balaban J connectivity index is 2.23. The molecule has 1 heterocycles. The second kappa shape index (κ2) is 6.13. The highest BCUT2D eigenvalue weighted by Crippen LogP contribution is 2.17. The molecule has 1 unspecified atom stereocenters. The standard InChI is InChI=1S/C14H20N2O4S/c1-10-5-6-12(8-13(10)14(17)18)21(19,20)15-11-4-3-7-16(2)9-11/h5-6,8,11,15H,3-4,7,9H2,1-2H3,(H,17,18). The first-order valence-electron chi connectivity index (χ1n) is 6.84. The summed E-state index contributed by atoms with van der Waals surface area (Å²) < 4.78 is 27.4. The Kier molecular flexibility index (Phi) is 4.65. The number of sulfonamides is 1. The highest BCUT2D eigenvalue weighted by molar-refractivity contribution is 7.89. The number of piperidine rings is 1. The summed E-state index contributed by atoms with van der Waals surface area (Å²) in [6.45, 7) is 3.27. The largest absolute Gasteiger partial charge is 0.478 e. The normalized spacial score (nSPS) is 20.4. The van der Waals surface area contributed by atoms with Gasteiger partial charge >= 0.3 is 5.97 Å². The summed E-state index contributed by atoms with van der Waals surface area (Å²) in [6, 6.07) is 4.04. The van der Waals surface area contributed by atoms with E-state index in [0.717, 1.165) is 19.4 Å². The molecule has 0 aliphatic carbocycles. The predicted octanol–water partition coefficient (Wildman–Crippen LogP) is 1.07. The van der Waals surface area contributed by atoms with Crippen LogP contribution in [0.2, 0.25) is 0 Å². The van der Waals surface area contributed by atoms with Gasteiger partial charge in [-0.25, -0.2) is 17.9 Å². The summed E-state index contributed by atoms with van der Waals surface area (Å²) in [4.78, 5) is 13.2. The number of aryl methyl sites for hydroxylation is 1. The number of likely N-dealkylation sites (N-methyl/N-ethyl adjacent to an activating group) is 1. The minimum Gasteiger partial charge on any atom is -0.478 e. The van der Waals surface area contributed by atoms with Crippen molar-refractivity contribution in [1.29, 1.82) is 0 Å². The molecular weight excluding hydrogens is 292 g/mol. The number of carboxylic acids is 1. The first-order valence-corrected chi connectivity index (χ1v) is 8.33. The summed E-state index contributed by atoms with van der Waals surface area (Å²) in [5, 5.41) is 9.09. The van der Waals surface area contributed by atoms with Crippen LogP contribution in [0.4, 0.5) is 0 Å². The van der Waals surface area contributed by atoms with Gasteiger partial charge in [0, 0.05) is 12.6 Å². The molecule has 0 saturated carbocycles. The van der Waals surface area contributed by atoms with Gasteiger partial charge in [0.25, 0.3) is 0 Å². The number of aromatic carboxylic acids is 1. The molecule has 7 heteroatoms. The Bertz CT molecular complexity index is 642. The zero-order valence-electron chi connectivity index (χ0n) is 12.2. The fourth-order valence-corrected chi connectivity index (χ4v) is 3.84. The molecule has 1 fully saturated rings. The number of carboxylic acid groups (broad SMARTS) is 1. The van der Waals surface area contributed by atoms with Crippen molar-refractivity contribution in [3.05, 3.63) is 29.3 Å². The number of hydrogen-bond acceptors (Lipinski definition) is 4. The van der Waals surface area contributed by atoms with Crippen molar-refractivity contribution in [3.63, 3.8) is 0 Å². The fraction of sp³-hybridized carbons (Fsp3) is 0.500. The van der Waals surface area contributed by atoms with Crippen molar-refractivity contribution in [2.45, 2.75) is 30.7 Å². The van der Waals surface area contributed by atoms with Gasteiger partial charge in [0.1, 0.15) is 0 Å². The molecule has 0 radical (unpaired) electrons. The van der Waals surface area contributed by atoms with E-state index in [1.54, 1.807) is 6.92 Å². The van der Waals surface area contributed by atoms with Gasteiger partial charge in [0.05, 0.1) is 10.5 Å². The first-order chi connectivity index (χ1) is 9.79. The van der Waals surface area contributed by atoms with Crippen molar-refractivity contribution in [2.24, 2.45) is 0 Å². The molecule has 116 valence electrons. The van der Waals surface area contributed by atoms with Gasteiger partial charge in [-0.1, -0.05) is 6.07 Å². The van der Waals surface area contributed by atoms with Crippen molar-refractivity contribution in [1.82, 2.24) is 9.62 Å². The van der Waals surface area contributed by atoms with E-state index in [0.29, 0.717) is 12.1 Å². The lowest BCUT2D eigenvalue weighted by Crippen LogP contribution is -2.46. The molecule has 2 N–H and O–H groups in total. The Morgan fingerprint density at radius 1 is 1.43 bits per heavy atom. The molecule has 1 atom stereocenters. The van der Waals surface area contributed by atoms with E-state index < -0.39 is 16.0 Å². The lowest BCUT2D eigenvalue weighted by atomic mass is 10.1. The molecule has 1 aliphatic heterocycles. The average molecular weight is 312 g/mol. The van der Waals surface area contributed by atoms with E-state index in [1.165, 1.54) is 18.2 Å². The van der Waals surface area contributed by atoms with E-state index >= 15 is 0 Å². The Hall–Kier alpha value is -1.44. The lowest BCUT2D eigenvalue weighted by Gasteiger charge is -2.30. The average Bonchev–Trinajstić information content (AvgIpc) is 2.38. The van der Waals surface area contributed by atoms with E-state index in [-0.39, 0.29) is 16.5 Å². The van der Waals surface area contributed by atoms with Crippen LogP contribution in [-0.4, -0.2) is 50.6 Å². The number of carbonyl (C=O) groups is 1. The molecule has 0 amide bonds. The maximum Gasteiger partial charge on any atom is 0.335 e. The molecule has 0 spiro atoms. The summed E-state index contributed by atoms with van der Waals surface area (Å²) in [7, 11) is -1.74. The fourth-order valence-electron chi connectivity index (χ4n) is 2.55. The van der Waals surface area contributed by atoms with Crippen LogP contribution in [-0.2, 0) is 10.0 Å². The highest BCUT2D eigenvalue weighted by Gasteiger charge is 2.24. The second-order valence-corrected chi connectivity index (χ2v) is 7.22. The summed E-state index contributed by atoms with van der Waals surface area (Å²) in [5.74, 6) is -1.12. The number of hydrogen-bond donors (Lipinski definition) is 2. The van der Waals surface area contributed by atoms with Gasteiger partial charge in [-0.3, -0.25) is 0 Å². The number of benzene rings is 1. The van der Waals surface area contributed by atoms with Gasteiger partial charge in [-0.2, -0.15) is 0 Å². The van der Waals surface area contributed by atoms with E-state index in [1.807, 2.05) is 7.05 Å². The molecule has 21 heavy (non-hydrogen) atoms. The third kappa shape index (κ3) is 3.81. The number of nitrogens with zero attached hydrogens (tertiary/aromatic N) is 1. The second-order valence-electron chi connectivity index (χ2n) is 5.50. The highest BCUT2D eigenvalue weighted by atomic mass is 32.2. The lowest BCUT2D eigenvalue weighted by molar-refractivity contribution is 0.0696. The Labute approximate surface area is 124 Å². The molecule has 6 nitrogen and oxygen atoms in total. The van der Waals surface area contributed by atoms with Crippen LogP contribution in [0.5, 0.6) is 0 Å². The predicted molar refractivity (Wildman–Crippen MR) is 79.0 cm³/mol. The summed E-state index contributed by atoms with van der Waals surface area (Å²) in [6.07, 6.45) is 1.74. The van der Waals surface area contributed by atoms with Gasteiger partial charge in [-0.05, 0) is 51.1 Å². The van der Waals surface area contributed by atoms with Gasteiger partial charge in [0.2, 0.25) is 10.0 Å². The van der Waals surface area contributed by atoms with Crippen LogP contribution < -0.4 is 4.72 Å². The maximum absolute atomic E-state index is 12.4. The minimum absolute atomic E-state index is 0.00118. The molecule has 1 aromatic carbocycles. The van der Waals surface area contributed by atoms with Crippen molar-refractivity contribution in [2.75, 3.05) is 20.1 Å². The Morgan fingerprint density at radius 2 is 2.14 bits per heavy atom. The maximum atomic E-state index is 12.4. The van der Waals surface area contributed by atoms with Crippen LogP contribution in [0.25, 0.3) is 0 Å². The molecule has 1 aliphatic rings. The van der Waals surface area contributed by atoms with E-state index in [4.69, 9.17) is 5.11 Å². The van der Waals surface area contributed by atoms with Crippen LogP contribution >= 0.6 is 0 Å². The van der Waals surface area contributed by atoms with Gasteiger partial charge < -0.3 is 10.0 Å². The van der Waals surface area contributed by atoms with Crippen LogP contribution in [0.15, 0.2) is 23.1 Å². The molecule has 1 aromatic rings. The summed E-state index contributed by atoms with van der Waals surface area (Å²) >= 11 is 0. The number of likely N-dealkylation sites (tertiary alicyclic amines) is 1.